The summed E-state index contributed by atoms with van der Waals surface area (Å²) in [6.07, 6.45) is 1.90. The van der Waals surface area contributed by atoms with Gasteiger partial charge in [0.05, 0.1) is 11.7 Å². The summed E-state index contributed by atoms with van der Waals surface area (Å²) in [5, 5.41) is 11.1. The highest BCUT2D eigenvalue weighted by atomic mass is 16.5. The van der Waals surface area contributed by atoms with Gasteiger partial charge in [-0.25, -0.2) is 0 Å². The fourth-order valence-electron chi connectivity index (χ4n) is 2.51. The molecule has 0 aliphatic rings. The van der Waals surface area contributed by atoms with E-state index in [2.05, 4.69) is 15.6 Å². The van der Waals surface area contributed by atoms with Crippen LogP contribution in [0.2, 0.25) is 0 Å². The van der Waals surface area contributed by atoms with Gasteiger partial charge >= 0.3 is 0 Å². The molecule has 6 heteroatoms. The summed E-state index contributed by atoms with van der Waals surface area (Å²) in [4.78, 5) is 12.3. The number of benzene rings is 1. The van der Waals surface area contributed by atoms with Crippen LogP contribution in [0, 0.1) is 6.92 Å². The van der Waals surface area contributed by atoms with Crippen LogP contribution in [0.25, 0.3) is 11.3 Å². The molecule has 0 bridgehead atoms. The molecule has 0 aliphatic heterocycles. The Bertz CT molecular complexity index is 820. The van der Waals surface area contributed by atoms with Crippen LogP contribution >= 0.6 is 0 Å². The summed E-state index contributed by atoms with van der Waals surface area (Å²) in [6.45, 7) is 3.84. The first-order chi connectivity index (χ1) is 11.0. The highest BCUT2D eigenvalue weighted by Gasteiger charge is 2.18. The van der Waals surface area contributed by atoms with Crippen molar-refractivity contribution in [2.24, 2.45) is 7.05 Å². The Morgan fingerprint density at radius 3 is 2.70 bits per heavy atom. The van der Waals surface area contributed by atoms with E-state index in [4.69, 9.17) is 4.52 Å². The van der Waals surface area contributed by atoms with Crippen LogP contribution in [0.1, 0.15) is 34.7 Å². The van der Waals surface area contributed by atoms with Gasteiger partial charge in [0.2, 0.25) is 0 Å². The van der Waals surface area contributed by atoms with Crippen molar-refractivity contribution >= 4 is 5.91 Å². The molecule has 1 N–H and O–H groups in total. The maximum atomic E-state index is 12.3. The van der Waals surface area contributed by atoms with Crippen molar-refractivity contribution in [3.05, 3.63) is 59.5 Å². The summed E-state index contributed by atoms with van der Waals surface area (Å²) in [6, 6.07) is 11.0. The van der Waals surface area contributed by atoms with Crippen molar-refractivity contribution in [1.29, 1.82) is 0 Å². The molecule has 0 saturated carbocycles. The molecular formula is C17H18N4O2. The molecule has 0 unspecified atom stereocenters. The summed E-state index contributed by atoms with van der Waals surface area (Å²) in [5.74, 6) is 0.299. The van der Waals surface area contributed by atoms with Crippen molar-refractivity contribution in [3.8, 4) is 11.3 Å². The lowest BCUT2D eigenvalue weighted by Gasteiger charge is -2.11. The minimum atomic E-state index is -0.272. The SMILES string of the molecule is Cc1nn(C)cc1[C@@H](C)NC(=O)c1cc(-c2ccccc2)on1. The van der Waals surface area contributed by atoms with Crippen LogP contribution in [0.5, 0.6) is 0 Å². The number of hydrogen-bond donors (Lipinski definition) is 1. The van der Waals surface area contributed by atoms with Gasteiger partial charge in [0, 0.05) is 30.4 Å². The van der Waals surface area contributed by atoms with Crippen molar-refractivity contribution in [1.82, 2.24) is 20.3 Å². The summed E-state index contributed by atoms with van der Waals surface area (Å²) in [7, 11) is 1.86. The predicted octanol–water partition coefficient (Wildman–Crippen LogP) is 2.87. The molecule has 23 heavy (non-hydrogen) atoms. The molecular weight excluding hydrogens is 292 g/mol. The van der Waals surface area contributed by atoms with Gasteiger partial charge < -0.3 is 9.84 Å². The van der Waals surface area contributed by atoms with Gasteiger partial charge in [0.1, 0.15) is 0 Å². The molecule has 1 aromatic carbocycles. The standard InChI is InChI=1S/C17H18N4O2/c1-11(14-10-21(3)19-12(14)2)18-17(22)15-9-16(23-20-15)13-7-5-4-6-8-13/h4-11H,1-3H3,(H,18,22)/t11-/m1/s1. The van der Waals surface area contributed by atoms with E-state index in [1.165, 1.54) is 0 Å². The molecule has 2 aromatic heterocycles. The van der Waals surface area contributed by atoms with Gasteiger partial charge in [0.25, 0.3) is 5.91 Å². The van der Waals surface area contributed by atoms with Gasteiger partial charge in [-0.2, -0.15) is 5.10 Å². The van der Waals surface area contributed by atoms with Crippen LogP contribution in [0.15, 0.2) is 47.1 Å². The minimum absolute atomic E-state index is 0.159. The molecule has 1 amide bonds. The molecule has 0 aliphatic carbocycles. The second-order valence-electron chi connectivity index (χ2n) is 5.48. The van der Waals surface area contributed by atoms with Crippen LogP contribution in [-0.4, -0.2) is 20.8 Å². The Labute approximate surface area is 134 Å². The van der Waals surface area contributed by atoms with E-state index in [9.17, 15) is 4.79 Å². The number of carbonyl (C=O) groups excluding carboxylic acids is 1. The Kier molecular flexibility index (Phi) is 3.97. The topological polar surface area (TPSA) is 73.0 Å². The predicted molar refractivity (Wildman–Crippen MR) is 85.8 cm³/mol. The lowest BCUT2D eigenvalue weighted by atomic mass is 10.1. The number of carbonyl (C=O) groups is 1. The number of aromatic nitrogens is 3. The average molecular weight is 310 g/mol. The summed E-state index contributed by atoms with van der Waals surface area (Å²) < 4.78 is 6.99. The third kappa shape index (κ3) is 3.15. The van der Waals surface area contributed by atoms with E-state index in [1.54, 1.807) is 10.7 Å². The van der Waals surface area contributed by atoms with Gasteiger partial charge in [-0.05, 0) is 13.8 Å². The van der Waals surface area contributed by atoms with E-state index in [0.29, 0.717) is 5.76 Å². The van der Waals surface area contributed by atoms with Crippen LogP contribution in [0.4, 0.5) is 0 Å². The molecule has 0 radical (unpaired) electrons. The smallest absolute Gasteiger partial charge is 0.273 e. The van der Waals surface area contributed by atoms with Crippen LogP contribution in [-0.2, 0) is 7.05 Å². The number of nitrogens with zero attached hydrogens (tertiary/aromatic N) is 3. The first kappa shape index (κ1) is 15.0. The second kappa shape index (κ2) is 6.08. The molecule has 0 saturated heterocycles. The first-order valence-electron chi connectivity index (χ1n) is 7.37. The Hall–Kier alpha value is -2.89. The molecule has 6 nitrogen and oxygen atoms in total. The highest BCUT2D eigenvalue weighted by molar-refractivity contribution is 5.93. The van der Waals surface area contributed by atoms with E-state index >= 15 is 0 Å². The Balaban J connectivity index is 1.74. The van der Waals surface area contributed by atoms with Crippen molar-refractivity contribution in [2.45, 2.75) is 19.9 Å². The lowest BCUT2D eigenvalue weighted by Crippen LogP contribution is -2.27. The van der Waals surface area contributed by atoms with Gasteiger partial charge in [-0.1, -0.05) is 35.5 Å². The molecule has 118 valence electrons. The largest absolute Gasteiger partial charge is 0.355 e. The first-order valence-corrected chi connectivity index (χ1v) is 7.37. The van der Waals surface area contributed by atoms with Gasteiger partial charge in [-0.3, -0.25) is 9.48 Å². The van der Waals surface area contributed by atoms with Crippen LogP contribution < -0.4 is 5.32 Å². The van der Waals surface area contributed by atoms with E-state index in [1.807, 2.05) is 57.4 Å². The normalized spacial score (nSPS) is 12.1. The third-order valence-corrected chi connectivity index (χ3v) is 3.67. The van der Waals surface area contributed by atoms with E-state index in [-0.39, 0.29) is 17.6 Å². The molecule has 3 rings (SSSR count). The fourth-order valence-corrected chi connectivity index (χ4v) is 2.51. The number of rotatable bonds is 4. The Morgan fingerprint density at radius 1 is 1.30 bits per heavy atom. The average Bonchev–Trinajstić information content (AvgIpc) is 3.15. The fraction of sp³-hybridized carbons (Fsp3) is 0.235. The lowest BCUT2D eigenvalue weighted by molar-refractivity contribution is 0.0930. The zero-order chi connectivity index (χ0) is 16.4. The minimum Gasteiger partial charge on any atom is -0.355 e. The van der Waals surface area contributed by atoms with Crippen LogP contribution in [0.3, 0.4) is 0 Å². The Morgan fingerprint density at radius 2 is 2.04 bits per heavy atom. The molecule has 2 heterocycles. The zero-order valence-electron chi connectivity index (χ0n) is 13.3. The van der Waals surface area contributed by atoms with Gasteiger partial charge in [-0.15, -0.1) is 0 Å². The number of amides is 1. The molecule has 0 spiro atoms. The maximum Gasteiger partial charge on any atom is 0.273 e. The quantitative estimate of drug-likeness (QED) is 0.804. The van der Waals surface area contributed by atoms with E-state index in [0.717, 1.165) is 16.8 Å². The van der Waals surface area contributed by atoms with Crippen molar-refractivity contribution in [3.63, 3.8) is 0 Å². The summed E-state index contributed by atoms with van der Waals surface area (Å²) in [5.41, 5.74) is 3.02. The molecule has 0 fully saturated rings. The number of hydrogen-bond acceptors (Lipinski definition) is 4. The monoisotopic (exact) mass is 310 g/mol. The third-order valence-electron chi connectivity index (χ3n) is 3.67. The van der Waals surface area contributed by atoms with E-state index < -0.39 is 0 Å². The zero-order valence-corrected chi connectivity index (χ0v) is 13.3. The summed E-state index contributed by atoms with van der Waals surface area (Å²) >= 11 is 0. The van der Waals surface area contributed by atoms with Crippen molar-refractivity contribution in [2.75, 3.05) is 0 Å². The number of aryl methyl sites for hydroxylation is 2. The highest BCUT2D eigenvalue weighted by Crippen LogP contribution is 2.21. The van der Waals surface area contributed by atoms with Gasteiger partial charge in [0.15, 0.2) is 11.5 Å². The van der Waals surface area contributed by atoms with Crippen molar-refractivity contribution < 1.29 is 9.32 Å². The molecule has 3 aromatic rings. The molecule has 1 atom stereocenters. The number of nitrogens with one attached hydrogen (secondary N) is 1. The second-order valence-corrected chi connectivity index (χ2v) is 5.48. The maximum absolute atomic E-state index is 12.3.